The van der Waals surface area contributed by atoms with Crippen LogP contribution in [0.25, 0.3) is 0 Å². The maximum atomic E-state index is 4.96. The van der Waals surface area contributed by atoms with Crippen molar-refractivity contribution in [1.29, 1.82) is 0 Å². The van der Waals surface area contributed by atoms with E-state index < -0.39 is 0 Å². The molecule has 1 fully saturated rings. The van der Waals surface area contributed by atoms with Gasteiger partial charge in [-0.25, -0.2) is 0 Å². The number of methoxy groups -OCH3 is 1. The molecule has 1 atom stereocenters. The average molecular weight is 141 g/mol. The maximum absolute atomic E-state index is 4.96. The van der Waals surface area contributed by atoms with E-state index >= 15 is 0 Å². The van der Waals surface area contributed by atoms with Crippen molar-refractivity contribution in [3.05, 3.63) is 11.8 Å². The van der Waals surface area contributed by atoms with E-state index in [9.17, 15) is 0 Å². The molecule has 0 radical (unpaired) electrons. The first-order valence-electron chi connectivity index (χ1n) is 3.02. The summed E-state index contributed by atoms with van der Waals surface area (Å²) < 4.78 is 14.7. The van der Waals surface area contributed by atoms with Crippen LogP contribution in [0.5, 0.6) is 5.88 Å². The first-order chi connectivity index (χ1) is 4.90. The van der Waals surface area contributed by atoms with Crippen LogP contribution in [0.3, 0.4) is 0 Å². The highest BCUT2D eigenvalue weighted by Crippen LogP contribution is 2.31. The van der Waals surface area contributed by atoms with Crippen molar-refractivity contribution in [2.24, 2.45) is 0 Å². The molecule has 0 saturated carbocycles. The van der Waals surface area contributed by atoms with Crippen molar-refractivity contribution in [2.45, 2.75) is 6.10 Å². The first kappa shape index (κ1) is 5.73. The van der Waals surface area contributed by atoms with Gasteiger partial charge in [0.25, 0.3) is 5.88 Å². The van der Waals surface area contributed by atoms with Crippen molar-refractivity contribution in [2.75, 3.05) is 13.7 Å². The molecule has 1 aromatic rings. The predicted molar refractivity (Wildman–Crippen MR) is 31.7 cm³/mol. The molecule has 4 nitrogen and oxygen atoms in total. The van der Waals surface area contributed by atoms with Crippen LogP contribution in [-0.2, 0) is 4.74 Å². The number of hydrogen-bond donors (Lipinski definition) is 0. The highest BCUT2D eigenvalue weighted by molar-refractivity contribution is 5.14. The van der Waals surface area contributed by atoms with Crippen LogP contribution in [0, 0.1) is 0 Å². The second kappa shape index (κ2) is 1.98. The van der Waals surface area contributed by atoms with Gasteiger partial charge in [0.15, 0.2) is 5.76 Å². The summed E-state index contributed by atoms with van der Waals surface area (Å²) in [5, 5.41) is 3.62. The number of ether oxygens (including phenoxy) is 2. The Kier molecular flexibility index (Phi) is 1.14. The highest BCUT2D eigenvalue weighted by atomic mass is 16.6. The van der Waals surface area contributed by atoms with Crippen LogP contribution < -0.4 is 4.74 Å². The second-order valence-corrected chi connectivity index (χ2v) is 2.09. The minimum Gasteiger partial charge on any atom is -0.479 e. The Morgan fingerprint density at radius 2 is 2.60 bits per heavy atom. The highest BCUT2D eigenvalue weighted by Gasteiger charge is 2.29. The fraction of sp³-hybridized carbons (Fsp3) is 0.500. The van der Waals surface area contributed by atoms with Gasteiger partial charge in [0, 0.05) is 6.07 Å². The molecule has 54 valence electrons. The standard InChI is InChI=1S/C6H7NO3/c1-8-6-2-4(10-7-6)5-3-9-5/h2,5H,3H2,1H3/t5-/m1/s1. The Bertz CT molecular complexity index is 229. The summed E-state index contributed by atoms with van der Waals surface area (Å²) in [5.74, 6) is 1.25. The predicted octanol–water partition coefficient (Wildman–Crippen LogP) is 0.754. The third-order valence-electron chi connectivity index (χ3n) is 1.37. The number of aromatic nitrogens is 1. The van der Waals surface area contributed by atoms with Gasteiger partial charge in [-0.05, 0) is 5.16 Å². The van der Waals surface area contributed by atoms with Crippen LogP contribution >= 0.6 is 0 Å². The molecule has 1 aliphatic rings. The fourth-order valence-corrected chi connectivity index (χ4v) is 0.732. The van der Waals surface area contributed by atoms with Crippen molar-refractivity contribution in [3.63, 3.8) is 0 Å². The molecule has 0 N–H and O–H groups in total. The molecule has 0 spiro atoms. The van der Waals surface area contributed by atoms with Gasteiger partial charge >= 0.3 is 0 Å². The minimum atomic E-state index is 0.122. The normalized spacial score (nSPS) is 22.7. The van der Waals surface area contributed by atoms with E-state index in [4.69, 9.17) is 14.0 Å². The smallest absolute Gasteiger partial charge is 0.254 e. The van der Waals surface area contributed by atoms with Crippen LogP contribution in [0.2, 0.25) is 0 Å². The number of nitrogens with zero attached hydrogens (tertiary/aromatic N) is 1. The zero-order chi connectivity index (χ0) is 6.97. The van der Waals surface area contributed by atoms with Crippen molar-refractivity contribution >= 4 is 0 Å². The zero-order valence-corrected chi connectivity index (χ0v) is 5.53. The first-order valence-corrected chi connectivity index (χ1v) is 3.02. The third kappa shape index (κ3) is 0.863. The lowest BCUT2D eigenvalue weighted by Crippen LogP contribution is -1.79. The van der Waals surface area contributed by atoms with Gasteiger partial charge < -0.3 is 14.0 Å². The average Bonchev–Trinajstić information content (AvgIpc) is 2.70. The summed E-state index contributed by atoms with van der Waals surface area (Å²) in [5.41, 5.74) is 0. The quantitative estimate of drug-likeness (QED) is 0.570. The van der Waals surface area contributed by atoms with Gasteiger partial charge in [0.05, 0.1) is 13.7 Å². The van der Waals surface area contributed by atoms with E-state index in [0.717, 1.165) is 12.4 Å². The Hall–Kier alpha value is -1.03. The molecule has 0 amide bonds. The van der Waals surface area contributed by atoms with Gasteiger partial charge in [0.1, 0.15) is 6.10 Å². The number of hydrogen-bond acceptors (Lipinski definition) is 4. The summed E-state index contributed by atoms with van der Waals surface area (Å²) in [7, 11) is 1.55. The minimum absolute atomic E-state index is 0.122. The molecule has 2 heterocycles. The molecule has 10 heavy (non-hydrogen) atoms. The van der Waals surface area contributed by atoms with Crippen LogP contribution in [-0.4, -0.2) is 18.9 Å². The monoisotopic (exact) mass is 141 g/mol. The maximum Gasteiger partial charge on any atom is 0.254 e. The van der Waals surface area contributed by atoms with Crippen LogP contribution in [0.1, 0.15) is 11.9 Å². The van der Waals surface area contributed by atoms with E-state index in [1.807, 2.05) is 0 Å². The Morgan fingerprint density at radius 3 is 3.10 bits per heavy atom. The van der Waals surface area contributed by atoms with Crippen molar-refractivity contribution in [3.8, 4) is 5.88 Å². The number of epoxide rings is 1. The molecule has 2 rings (SSSR count). The van der Waals surface area contributed by atoms with Crippen LogP contribution in [0.15, 0.2) is 10.6 Å². The summed E-state index contributed by atoms with van der Waals surface area (Å²) in [6, 6.07) is 1.73. The van der Waals surface area contributed by atoms with E-state index in [1.165, 1.54) is 0 Å². The molecule has 1 aromatic heterocycles. The van der Waals surface area contributed by atoms with Gasteiger partial charge in [0.2, 0.25) is 0 Å². The topological polar surface area (TPSA) is 47.8 Å². The summed E-state index contributed by atoms with van der Waals surface area (Å²) in [6.07, 6.45) is 0.122. The third-order valence-corrected chi connectivity index (χ3v) is 1.37. The SMILES string of the molecule is COc1cc([C@H]2CO2)on1. The lowest BCUT2D eigenvalue weighted by Gasteiger charge is -1.83. The second-order valence-electron chi connectivity index (χ2n) is 2.09. The lowest BCUT2D eigenvalue weighted by molar-refractivity contribution is 0.303. The largest absolute Gasteiger partial charge is 0.479 e. The molecule has 0 aromatic carbocycles. The molecular weight excluding hydrogens is 134 g/mol. The Balaban J connectivity index is 2.19. The van der Waals surface area contributed by atoms with Gasteiger partial charge in [-0.15, -0.1) is 0 Å². The lowest BCUT2D eigenvalue weighted by atomic mass is 10.4. The van der Waals surface area contributed by atoms with E-state index in [1.54, 1.807) is 13.2 Å². The molecule has 1 aliphatic heterocycles. The van der Waals surface area contributed by atoms with Crippen molar-refractivity contribution in [1.82, 2.24) is 5.16 Å². The zero-order valence-electron chi connectivity index (χ0n) is 5.53. The molecule has 0 bridgehead atoms. The molecule has 0 aliphatic carbocycles. The molecule has 4 heteroatoms. The van der Waals surface area contributed by atoms with E-state index in [-0.39, 0.29) is 6.10 Å². The van der Waals surface area contributed by atoms with E-state index in [2.05, 4.69) is 5.16 Å². The molecule has 0 unspecified atom stereocenters. The van der Waals surface area contributed by atoms with Gasteiger partial charge in [-0.3, -0.25) is 0 Å². The summed E-state index contributed by atoms with van der Waals surface area (Å²) in [6.45, 7) is 0.734. The van der Waals surface area contributed by atoms with Crippen molar-refractivity contribution < 1.29 is 14.0 Å². The molecular formula is C6H7NO3. The van der Waals surface area contributed by atoms with Gasteiger partial charge in [-0.2, -0.15) is 0 Å². The van der Waals surface area contributed by atoms with Crippen LogP contribution in [0.4, 0.5) is 0 Å². The molecule has 1 saturated heterocycles. The Labute approximate surface area is 57.7 Å². The summed E-state index contributed by atoms with van der Waals surface area (Å²) in [4.78, 5) is 0. The summed E-state index contributed by atoms with van der Waals surface area (Å²) >= 11 is 0. The van der Waals surface area contributed by atoms with Gasteiger partial charge in [-0.1, -0.05) is 0 Å². The number of rotatable bonds is 2. The Morgan fingerprint density at radius 1 is 1.80 bits per heavy atom. The fourth-order valence-electron chi connectivity index (χ4n) is 0.732. The van der Waals surface area contributed by atoms with E-state index in [0.29, 0.717) is 5.88 Å².